The second-order valence-corrected chi connectivity index (χ2v) is 5.15. The topological polar surface area (TPSA) is 47.2 Å². The summed E-state index contributed by atoms with van der Waals surface area (Å²) in [6, 6.07) is 7.65. The molecular weight excluding hydrogens is 260 g/mol. The standard InChI is InChI=1S/C14H14N2O2S/c1-2-16-11-5-7-19-13(11)8-12(16)14(17)15-9-10-4-3-6-18-10/h3-8H,2,9H2,1H3,(H,15,17). The van der Waals surface area contributed by atoms with Crippen molar-refractivity contribution in [3.63, 3.8) is 0 Å². The monoisotopic (exact) mass is 274 g/mol. The second kappa shape index (κ2) is 4.93. The minimum atomic E-state index is -0.0679. The Kier molecular flexibility index (Phi) is 3.13. The maximum atomic E-state index is 12.2. The summed E-state index contributed by atoms with van der Waals surface area (Å²) in [7, 11) is 0. The third-order valence-electron chi connectivity index (χ3n) is 3.07. The molecule has 0 fully saturated rings. The van der Waals surface area contributed by atoms with E-state index < -0.39 is 0 Å². The van der Waals surface area contributed by atoms with Crippen molar-refractivity contribution in [1.29, 1.82) is 0 Å². The van der Waals surface area contributed by atoms with Crippen molar-refractivity contribution in [2.24, 2.45) is 0 Å². The average molecular weight is 274 g/mol. The molecule has 0 bridgehead atoms. The van der Waals surface area contributed by atoms with Crippen LogP contribution in [0.5, 0.6) is 0 Å². The summed E-state index contributed by atoms with van der Waals surface area (Å²) in [5.41, 5.74) is 1.83. The molecule has 0 atom stereocenters. The van der Waals surface area contributed by atoms with E-state index in [-0.39, 0.29) is 5.91 Å². The van der Waals surface area contributed by atoms with Crippen LogP contribution < -0.4 is 5.32 Å². The number of hydrogen-bond acceptors (Lipinski definition) is 3. The normalized spacial score (nSPS) is 11.0. The minimum Gasteiger partial charge on any atom is -0.467 e. The van der Waals surface area contributed by atoms with E-state index in [1.165, 1.54) is 0 Å². The van der Waals surface area contributed by atoms with Gasteiger partial charge in [0.25, 0.3) is 5.91 Å². The average Bonchev–Trinajstić information content (AvgIpc) is 3.11. The van der Waals surface area contributed by atoms with E-state index in [4.69, 9.17) is 4.42 Å². The number of thiophene rings is 1. The highest BCUT2D eigenvalue weighted by molar-refractivity contribution is 7.17. The van der Waals surface area contributed by atoms with Crippen molar-refractivity contribution in [1.82, 2.24) is 9.88 Å². The van der Waals surface area contributed by atoms with E-state index in [0.29, 0.717) is 12.2 Å². The first-order valence-corrected chi connectivity index (χ1v) is 7.05. The number of carbonyl (C=O) groups excluding carboxylic acids is 1. The molecule has 0 saturated heterocycles. The molecular formula is C14H14N2O2S. The maximum absolute atomic E-state index is 12.2. The lowest BCUT2D eigenvalue weighted by Crippen LogP contribution is -2.25. The molecule has 98 valence electrons. The van der Waals surface area contributed by atoms with Crippen LogP contribution in [0.1, 0.15) is 23.2 Å². The number of aryl methyl sites for hydroxylation is 1. The molecule has 19 heavy (non-hydrogen) atoms. The van der Waals surface area contributed by atoms with Gasteiger partial charge in [0, 0.05) is 6.54 Å². The molecule has 0 aromatic carbocycles. The van der Waals surface area contributed by atoms with Crippen molar-refractivity contribution in [3.8, 4) is 0 Å². The van der Waals surface area contributed by atoms with Crippen LogP contribution in [0.4, 0.5) is 0 Å². The Labute approximate surface area is 114 Å². The Morgan fingerprint density at radius 1 is 1.47 bits per heavy atom. The zero-order valence-corrected chi connectivity index (χ0v) is 11.4. The number of nitrogens with zero attached hydrogens (tertiary/aromatic N) is 1. The maximum Gasteiger partial charge on any atom is 0.268 e. The van der Waals surface area contributed by atoms with Gasteiger partial charge in [-0.1, -0.05) is 0 Å². The summed E-state index contributed by atoms with van der Waals surface area (Å²) >= 11 is 1.65. The first kappa shape index (κ1) is 12.0. The van der Waals surface area contributed by atoms with Crippen molar-refractivity contribution >= 4 is 27.5 Å². The van der Waals surface area contributed by atoms with Crippen molar-refractivity contribution < 1.29 is 9.21 Å². The number of carbonyl (C=O) groups is 1. The van der Waals surface area contributed by atoms with Crippen LogP contribution >= 0.6 is 11.3 Å². The van der Waals surface area contributed by atoms with Gasteiger partial charge in [-0.05, 0) is 36.6 Å². The first-order valence-electron chi connectivity index (χ1n) is 6.17. The Morgan fingerprint density at radius 2 is 2.37 bits per heavy atom. The van der Waals surface area contributed by atoms with Crippen LogP contribution in [0.2, 0.25) is 0 Å². The van der Waals surface area contributed by atoms with Gasteiger partial charge in [0.15, 0.2) is 0 Å². The molecule has 0 saturated carbocycles. The van der Waals surface area contributed by atoms with Gasteiger partial charge in [0.2, 0.25) is 0 Å². The Balaban J connectivity index is 1.82. The summed E-state index contributed by atoms with van der Waals surface area (Å²) in [6.45, 7) is 3.23. The van der Waals surface area contributed by atoms with Gasteiger partial charge >= 0.3 is 0 Å². The lowest BCUT2D eigenvalue weighted by Gasteiger charge is -2.07. The molecule has 0 aliphatic carbocycles. The van der Waals surface area contributed by atoms with E-state index in [0.717, 1.165) is 22.5 Å². The van der Waals surface area contributed by atoms with Crippen LogP contribution in [0, 0.1) is 0 Å². The highest BCUT2D eigenvalue weighted by Crippen LogP contribution is 2.25. The van der Waals surface area contributed by atoms with Crippen LogP contribution in [-0.4, -0.2) is 10.5 Å². The van der Waals surface area contributed by atoms with Gasteiger partial charge in [-0.15, -0.1) is 11.3 Å². The van der Waals surface area contributed by atoms with E-state index in [1.54, 1.807) is 17.6 Å². The number of aromatic nitrogens is 1. The van der Waals surface area contributed by atoms with Gasteiger partial charge in [0.05, 0.1) is 23.0 Å². The highest BCUT2D eigenvalue weighted by Gasteiger charge is 2.15. The number of furan rings is 1. The molecule has 3 aromatic heterocycles. The summed E-state index contributed by atoms with van der Waals surface area (Å²) in [5, 5.41) is 4.92. The highest BCUT2D eigenvalue weighted by atomic mass is 32.1. The number of hydrogen-bond donors (Lipinski definition) is 1. The molecule has 1 amide bonds. The quantitative estimate of drug-likeness (QED) is 0.794. The molecule has 3 rings (SSSR count). The fourth-order valence-corrected chi connectivity index (χ4v) is 3.00. The van der Waals surface area contributed by atoms with Crippen LogP contribution in [0.3, 0.4) is 0 Å². The first-order chi connectivity index (χ1) is 9.29. The Hall–Kier alpha value is -2.01. The zero-order chi connectivity index (χ0) is 13.2. The summed E-state index contributed by atoms with van der Waals surface area (Å²) < 4.78 is 8.38. The molecule has 0 radical (unpaired) electrons. The zero-order valence-electron chi connectivity index (χ0n) is 10.6. The van der Waals surface area contributed by atoms with Crippen molar-refractivity contribution in [3.05, 3.63) is 47.4 Å². The summed E-state index contributed by atoms with van der Waals surface area (Å²) in [4.78, 5) is 12.2. The fourth-order valence-electron chi connectivity index (χ4n) is 2.18. The molecule has 3 aromatic rings. The lowest BCUT2D eigenvalue weighted by atomic mass is 10.3. The second-order valence-electron chi connectivity index (χ2n) is 4.21. The molecule has 0 aliphatic rings. The molecule has 1 N–H and O–H groups in total. The summed E-state index contributed by atoms with van der Waals surface area (Å²) in [6.07, 6.45) is 1.60. The Bertz CT molecular complexity index is 694. The number of nitrogens with one attached hydrogen (secondary N) is 1. The SMILES string of the molecule is CCn1c(C(=O)NCc2ccco2)cc2sccc21. The lowest BCUT2D eigenvalue weighted by molar-refractivity contribution is 0.0939. The van der Waals surface area contributed by atoms with E-state index in [1.807, 2.05) is 41.1 Å². The molecule has 4 nitrogen and oxygen atoms in total. The van der Waals surface area contributed by atoms with Gasteiger partial charge in [-0.2, -0.15) is 0 Å². The minimum absolute atomic E-state index is 0.0679. The fraction of sp³-hybridized carbons (Fsp3) is 0.214. The number of rotatable bonds is 4. The van der Waals surface area contributed by atoms with Crippen LogP contribution in [-0.2, 0) is 13.1 Å². The number of amides is 1. The summed E-state index contributed by atoms with van der Waals surface area (Å²) in [5.74, 6) is 0.686. The molecule has 0 spiro atoms. The van der Waals surface area contributed by atoms with E-state index >= 15 is 0 Å². The van der Waals surface area contributed by atoms with Gasteiger partial charge < -0.3 is 14.3 Å². The van der Waals surface area contributed by atoms with Crippen molar-refractivity contribution in [2.45, 2.75) is 20.0 Å². The van der Waals surface area contributed by atoms with Crippen LogP contribution in [0.25, 0.3) is 10.2 Å². The third-order valence-corrected chi connectivity index (χ3v) is 3.93. The molecule has 5 heteroatoms. The van der Waals surface area contributed by atoms with Gasteiger partial charge in [0.1, 0.15) is 11.5 Å². The Morgan fingerprint density at radius 3 is 3.11 bits per heavy atom. The van der Waals surface area contributed by atoms with Gasteiger partial charge in [-0.3, -0.25) is 4.79 Å². The third kappa shape index (κ3) is 2.17. The van der Waals surface area contributed by atoms with Gasteiger partial charge in [-0.25, -0.2) is 0 Å². The molecule has 3 heterocycles. The van der Waals surface area contributed by atoms with Crippen LogP contribution in [0.15, 0.2) is 40.3 Å². The van der Waals surface area contributed by atoms with Crippen molar-refractivity contribution in [2.75, 3.05) is 0 Å². The smallest absolute Gasteiger partial charge is 0.268 e. The molecule has 0 aliphatic heterocycles. The van der Waals surface area contributed by atoms with E-state index in [2.05, 4.69) is 5.32 Å². The molecule has 0 unspecified atom stereocenters. The van der Waals surface area contributed by atoms with E-state index in [9.17, 15) is 4.79 Å². The largest absolute Gasteiger partial charge is 0.467 e. The number of fused-ring (bicyclic) bond motifs is 1. The predicted octanol–water partition coefficient (Wildman–Crippen LogP) is 3.25. The predicted molar refractivity (Wildman–Crippen MR) is 75.4 cm³/mol.